The van der Waals surface area contributed by atoms with Crippen molar-refractivity contribution in [2.45, 2.75) is 18.2 Å². The fourth-order valence-electron chi connectivity index (χ4n) is 2.70. The monoisotopic (exact) mass is 397 g/mol. The van der Waals surface area contributed by atoms with Gasteiger partial charge in [0.05, 0.1) is 12.2 Å². The molecule has 0 saturated carbocycles. The number of hydrogen-bond donors (Lipinski definition) is 2. The predicted molar refractivity (Wildman–Crippen MR) is 104 cm³/mol. The molecule has 2 N–H and O–H groups in total. The van der Waals surface area contributed by atoms with Gasteiger partial charge in [0.15, 0.2) is 0 Å². The van der Waals surface area contributed by atoms with Crippen LogP contribution in [0.25, 0.3) is 0 Å². The van der Waals surface area contributed by atoms with Crippen LogP contribution in [-0.2, 0) is 20.8 Å². The largest absolute Gasteiger partial charge is 0.274 e. The third-order valence-corrected chi connectivity index (χ3v) is 5.18. The minimum absolute atomic E-state index is 0.0642. The fourth-order valence-corrected chi connectivity index (χ4v) is 3.40. The summed E-state index contributed by atoms with van der Waals surface area (Å²) >= 11 is 1.34. The molecule has 2 aromatic rings. The van der Waals surface area contributed by atoms with Crippen LogP contribution < -0.4 is 10.9 Å². The van der Waals surface area contributed by atoms with E-state index in [1.807, 2.05) is 31.2 Å². The van der Waals surface area contributed by atoms with Crippen LogP contribution in [0.15, 0.2) is 53.4 Å². The number of aryl methyl sites for hydroxylation is 1. The van der Waals surface area contributed by atoms with Crippen molar-refractivity contribution in [1.29, 1.82) is 0 Å². The molecule has 0 fully saturated rings. The van der Waals surface area contributed by atoms with Crippen LogP contribution in [0.4, 0.5) is 0 Å². The lowest BCUT2D eigenvalue weighted by Crippen LogP contribution is -2.51. The Morgan fingerprint density at radius 3 is 2.43 bits per heavy atom. The molecule has 4 amide bonds. The molecular weight excluding hydrogens is 378 g/mol. The Labute approximate surface area is 166 Å². The van der Waals surface area contributed by atoms with Gasteiger partial charge >= 0.3 is 0 Å². The molecule has 0 saturated heterocycles. The van der Waals surface area contributed by atoms with Gasteiger partial charge in [-0.25, -0.2) is 0 Å². The van der Waals surface area contributed by atoms with E-state index in [4.69, 9.17) is 0 Å². The summed E-state index contributed by atoms with van der Waals surface area (Å²) in [5.41, 5.74) is 6.73. The van der Waals surface area contributed by atoms with E-state index >= 15 is 0 Å². The summed E-state index contributed by atoms with van der Waals surface area (Å²) in [4.78, 5) is 50.3. The quantitative estimate of drug-likeness (QED) is 0.452. The summed E-state index contributed by atoms with van der Waals surface area (Å²) in [6.45, 7) is 1.53. The van der Waals surface area contributed by atoms with E-state index in [-0.39, 0.29) is 18.1 Å². The molecule has 0 aliphatic carbocycles. The van der Waals surface area contributed by atoms with Gasteiger partial charge in [0, 0.05) is 10.5 Å². The van der Waals surface area contributed by atoms with Crippen molar-refractivity contribution in [2.24, 2.45) is 0 Å². The molecule has 0 bridgehead atoms. The maximum Gasteiger partial charge on any atom is 0.261 e. The summed E-state index contributed by atoms with van der Waals surface area (Å²) < 4.78 is 0. The predicted octanol–water partition coefficient (Wildman–Crippen LogP) is 1.46. The maximum absolute atomic E-state index is 12.4. The van der Waals surface area contributed by atoms with E-state index in [0.29, 0.717) is 11.1 Å². The molecule has 0 radical (unpaired) electrons. The molecular formula is C20H19N3O4S. The van der Waals surface area contributed by atoms with Gasteiger partial charge in [0.1, 0.15) is 6.54 Å². The average Bonchev–Trinajstić information content (AvgIpc) is 2.69. The summed E-state index contributed by atoms with van der Waals surface area (Å²) in [6.07, 6.45) is 0.0642. The molecule has 1 heterocycles. The number of fused-ring (bicyclic) bond motifs is 1. The van der Waals surface area contributed by atoms with Crippen LogP contribution in [0.3, 0.4) is 0 Å². The number of rotatable bonds is 5. The van der Waals surface area contributed by atoms with Crippen molar-refractivity contribution >= 4 is 35.4 Å². The molecule has 0 spiro atoms. The van der Waals surface area contributed by atoms with Gasteiger partial charge in [-0.3, -0.25) is 34.9 Å². The van der Waals surface area contributed by atoms with E-state index in [2.05, 4.69) is 10.9 Å². The van der Waals surface area contributed by atoms with Crippen LogP contribution in [0.5, 0.6) is 0 Å². The highest BCUT2D eigenvalue weighted by Crippen LogP contribution is 2.19. The van der Waals surface area contributed by atoms with Crippen LogP contribution in [0.1, 0.15) is 21.5 Å². The number of hydrogen-bond acceptors (Lipinski definition) is 5. The van der Waals surface area contributed by atoms with E-state index in [0.717, 1.165) is 15.4 Å². The molecule has 0 unspecified atom stereocenters. The van der Waals surface area contributed by atoms with E-state index in [9.17, 15) is 19.2 Å². The topological polar surface area (TPSA) is 95.6 Å². The smallest absolute Gasteiger partial charge is 0.261 e. The molecule has 2 aromatic carbocycles. The Hall–Kier alpha value is -3.13. The van der Waals surface area contributed by atoms with Gasteiger partial charge in [0.25, 0.3) is 11.8 Å². The Morgan fingerprint density at radius 2 is 1.68 bits per heavy atom. The zero-order valence-electron chi connectivity index (χ0n) is 15.2. The first-order valence-corrected chi connectivity index (χ1v) is 9.62. The third kappa shape index (κ3) is 4.77. The van der Waals surface area contributed by atoms with E-state index in [1.165, 1.54) is 11.8 Å². The van der Waals surface area contributed by atoms with Gasteiger partial charge in [-0.05, 0) is 30.7 Å². The number of amides is 4. The van der Waals surface area contributed by atoms with Crippen LogP contribution >= 0.6 is 11.8 Å². The molecule has 1 aliphatic heterocycles. The van der Waals surface area contributed by atoms with Gasteiger partial charge in [-0.15, -0.1) is 11.8 Å². The van der Waals surface area contributed by atoms with Crippen LogP contribution in [0, 0.1) is 6.92 Å². The number of thioether (sulfide) groups is 1. The molecule has 0 aromatic heterocycles. The number of nitrogens with one attached hydrogen (secondary N) is 2. The minimum atomic E-state index is -0.644. The lowest BCUT2D eigenvalue weighted by molar-refractivity contribution is -0.134. The number of hydrazine groups is 1. The fraction of sp³-hybridized carbons (Fsp3) is 0.200. The van der Waals surface area contributed by atoms with Crippen molar-refractivity contribution in [1.82, 2.24) is 15.8 Å². The van der Waals surface area contributed by atoms with Gasteiger partial charge < -0.3 is 0 Å². The normalized spacial score (nSPS) is 13.1. The highest BCUT2D eigenvalue weighted by Gasteiger charge is 2.31. The Morgan fingerprint density at radius 1 is 1.00 bits per heavy atom. The molecule has 28 heavy (non-hydrogen) atoms. The van der Waals surface area contributed by atoms with Crippen molar-refractivity contribution in [3.05, 3.63) is 65.2 Å². The number of benzene rings is 2. The third-order valence-electron chi connectivity index (χ3n) is 4.17. The van der Waals surface area contributed by atoms with Crippen molar-refractivity contribution in [2.75, 3.05) is 12.3 Å². The molecule has 0 atom stereocenters. The first-order valence-electron chi connectivity index (χ1n) is 8.64. The summed E-state index contributed by atoms with van der Waals surface area (Å²) in [7, 11) is 0. The Balaban J connectivity index is 1.47. The molecule has 7 nitrogen and oxygen atoms in total. The Bertz CT molecular complexity index is 927. The molecule has 8 heteroatoms. The zero-order chi connectivity index (χ0) is 20.1. The number of carbonyl (C=O) groups is 4. The van der Waals surface area contributed by atoms with E-state index < -0.39 is 24.3 Å². The highest BCUT2D eigenvalue weighted by molar-refractivity contribution is 8.00. The average molecular weight is 397 g/mol. The second-order valence-corrected chi connectivity index (χ2v) is 7.37. The summed E-state index contributed by atoms with van der Waals surface area (Å²) in [6, 6.07) is 14.5. The summed E-state index contributed by atoms with van der Waals surface area (Å²) in [5, 5.41) is 0. The van der Waals surface area contributed by atoms with Crippen LogP contribution in [-0.4, -0.2) is 40.8 Å². The maximum atomic E-state index is 12.4. The number of nitrogens with zero attached hydrogens (tertiary/aromatic N) is 1. The standard InChI is InChI=1S/C20H19N3O4S/c1-13-6-8-15(9-7-13)28-12-18(25)22-21-17(24)11-23-19(26)10-14-4-2-3-5-16(14)20(23)27/h2-9H,10-12H2,1H3,(H,21,24)(H,22,25). The van der Waals surface area contributed by atoms with Gasteiger partial charge in [0.2, 0.25) is 11.8 Å². The second-order valence-electron chi connectivity index (χ2n) is 6.32. The zero-order valence-corrected chi connectivity index (χ0v) is 16.0. The second kappa shape index (κ2) is 8.71. The van der Waals surface area contributed by atoms with Crippen molar-refractivity contribution in [3.63, 3.8) is 0 Å². The minimum Gasteiger partial charge on any atom is -0.274 e. The first kappa shape index (κ1) is 19.6. The first-order chi connectivity index (χ1) is 13.4. The van der Waals surface area contributed by atoms with Crippen molar-refractivity contribution < 1.29 is 19.2 Å². The number of carbonyl (C=O) groups excluding carboxylic acids is 4. The SMILES string of the molecule is Cc1ccc(SCC(=O)NNC(=O)CN2C(=O)Cc3ccccc3C2=O)cc1. The summed E-state index contributed by atoms with van der Waals surface area (Å²) in [5.74, 6) is -1.86. The van der Waals surface area contributed by atoms with Gasteiger partial charge in [-0.2, -0.15) is 0 Å². The Kier molecular flexibility index (Phi) is 6.10. The van der Waals surface area contributed by atoms with Gasteiger partial charge in [-0.1, -0.05) is 35.9 Å². The lowest BCUT2D eigenvalue weighted by atomic mass is 9.98. The van der Waals surface area contributed by atoms with E-state index in [1.54, 1.807) is 24.3 Å². The lowest BCUT2D eigenvalue weighted by Gasteiger charge is -2.26. The molecule has 144 valence electrons. The number of imide groups is 1. The van der Waals surface area contributed by atoms with Crippen molar-refractivity contribution in [3.8, 4) is 0 Å². The molecule has 1 aliphatic rings. The molecule has 3 rings (SSSR count). The highest BCUT2D eigenvalue weighted by atomic mass is 32.2. The van der Waals surface area contributed by atoms with Crippen LogP contribution in [0.2, 0.25) is 0 Å².